The normalized spacial score (nSPS) is 11.2. The highest BCUT2D eigenvalue weighted by molar-refractivity contribution is 14.1. The summed E-state index contributed by atoms with van der Waals surface area (Å²) in [6, 6.07) is 2.15. The van der Waals surface area contributed by atoms with Crippen molar-refractivity contribution in [3.05, 3.63) is 26.7 Å². The van der Waals surface area contributed by atoms with Gasteiger partial charge in [-0.25, -0.2) is 0 Å². The molecule has 0 aromatic carbocycles. The van der Waals surface area contributed by atoms with Gasteiger partial charge in [0.2, 0.25) is 0 Å². The monoisotopic (exact) mass is 300 g/mol. The summed E-state index contributed by atoms with van der Waals surface area (Å²) in [5, 5.41) is 1.31. The molecule has 0 amide bonds. The van der Waals surface area contributed by atoms with Crippen molar-refractivity contribution in [2.45, 2.75) is 20.8 Å². The summed E-state index contributed by atoms with van der Waals surface area (Å²) in [5.74, 6) is 0. The third kappa shape index (κ3) is 1.26. The van der Waals surface area contributed by atoms with Crippen LogP contribution in [0.15, 0.2) is 6.07 Å². The first kappa shape index (κ1) is 9.96. The Morgan fingerprint density at radius 2 is 1.93 bits per heavy atom. The summed E-state index contributed by atoms with van der Waals surface area (Å²) >= 11 is 2.39. The van der Waals surface area contributed by atoms with Crippen LogP contribution in [0.2, 0.25) is 0 Å². The van der Waals surface area contributed by atoms with Gasteiger partial charge in [0, 0.05) is 23.8 Å². The molecule has 0 saturated carbocycles. The van der Waals surface area contributed by atoms with Gasteiger partial charge in [-0.05, 0) is 55.0 Å². The van der Waals surface area contributed by atoms with E-state index in [1.165, 1.54) is 20.2 Å². The van der Waals surface area contributed by atoms with E-state index in [4.69, 9.17) is 0 Å². The third-order valence-electron chi connectivity index (χ3n) is 2.65. The minimum Gasteiger partial charge on any atom is -0.339 e. The number of fused-ring (bicyclic) bond motifs is 1. The average molecular weight is 300 g/mol. The van der Waals surface area contributed by atoms with Crippen LogP contribution in [0, 0.1) is 24.5 Å². The molecular weight excluding hydrogens is 287 g/mol. The second-order valence-corrected chi connectivity index (χ2v) is 4.74. The van der Waals surface area contributed by atoms with E-state index in [1.807, 2.05) is 6.92 Å². The Bertz CT molecular complexity index is 512. The van der Waals surface area contributed by atoms with Gasteiger partial charge in [0.05, 0.1) is 9.22 Å². The van der Waals surface area contributed by atoms with Crippen LogP contribution in [0.5, 0.6) is 0 Å². The molecular formula is C11H13IN2. The van der Waals surface area contributed by atoms with Crippen molar-refractivity contribution in [2.75, 3.05) is 0 Å². The van der Waals surface area contributed by atoms with Crippen molar-refractivity contribution in [3.8, 4) is 0 Å². The molecule has 74 valence electrons. The van der Waals surface area contributed by atoms with E-state index < -0.39 is 0 Å². The van der Waals surface area contributed by atoms with E-state index in [0.29, 0.717) is 0 Å². The Balaban J connectivity index is 3.02. The zero-order valence-electron chi connectivity index (χ0n) is 8.85. The Morgan fingerprint density at radius 3 is 2.57 bits per heavy atom. The van der Waals surface area contributed by atoms with Gasteiger partial charge in [-0.3, -0.25) is 4.98 Å². The molecule has 14 heavy (non-hydrogen) atoms. The topological polar surface area (TPSA) is 17.8 Å². The van der Waals surface area contributed by atoms with E-state index in [1.54, 1.807) is 0 Å². The average Bonchev–Trinajstić information content (AvgIpc) is 2.31. The maximum Gasteiger partial charge on any atom is 0.0836 e. The molecule has 3 heteroatoms. The first-order valence-electron chi connectivity index (χ1n) is 4.61. The Hall–Kier alpha value is -0.580. The molecule has 0 atom stereocenters. The number of rotatable bonds is 0. The maximum atomic E-state index is 4.50. The number of nitrogens with zero attached hydrogens (tertiary/aromatic N) is 2. The zero-order valence-corrected chi connectivity index (χ0v) is 11.0. The Labute approximate surface area is 97.5 Å². The minimum atomic E-state index is 1.09. The lowest BCUT2D eigenvalue weighted by Gasteiger charge is -2.01. The lowest BCUT2D eigenvalue weighted by Crippen LogP contribution is -1.92. The number of halogens is 1. The number of hydrogen-bond acceptors (Lipinski definition) is 1. The molecule has 0 N–H and O–H groups in total. The smallest absolute Gasteiger partial charge is 0.0836 e. The predicted molar refractivity (Wildman–Crippen MR) is 67.6 cm³/mol. The van der Waals surface area contributed by atoms with Crippen LogP contribution in [0.3, 0.4) is 0 Å². The fourth-order valence-corrected chi connectivity index (χ4v) is 2.53. The van der Waals surface area contributed by atoms with Crippen molar-refractivity contribution < 1.29 is 0 Å². The quantitative estimate of drug-likeness (QED) is 0.684. The van der Waals surface area contributed by atoms with Crippen LogP contribution in [0.4, 0.5) is 0 Å². The highest BCUT2D eigenvalue weighted by Gasteiger charge is 2.12. The summed E-state index contributed by atoms with van der Waals surface area (Å²) in [7, 11) is 2.11. The molecule has 2 rings (SSSR count). The van der Waals surface area contributed by atoms with E-state index in [9.17, 15) is 0 Å². The van der Waals surface area contributed by atoms with E-state index >= 15 is 0 Å². The lowest BCUT2D eigenvalue weighted by molar-refractivity contribution is 0.928. The molecule has 2 aromatic rings. The molecule has 0 aliphatic carbocycles. The van der Waals surface area contributed by atoms with Crippen molar-refractivity contribution >= 4 is 33.5 Å². The van der Waals surface area contributed by atoms with Crippen molar-refractivity contribution in [3.63, 3.8) is 0 Å². The summed E-state index contributed by atoms with van der Waals surface area (Å²) in [6.07, 6.45) is 0. The first-order valence-corrected chi connectivity index (χ1v) is 5.69. The number of aromatic nitrogens is 2. The molecule has 2 aromatic heterocycles. The van der Waals surface area contributed by atoms with Gasteiger partial charge in [0.15, 0.2) is 0 Å². The van der Waals surface area contributed by atoms with Crippen LogP contribution in [0.1, 0.15) is 17.0 Å². The highest BCUT2D eigenvalue weighted by atomic mass is 127. The molecule has 0 aliphatic heterocycles. The molecule has 0 radical (unpaired) electrons. The summed E-state index contributed by atoms with van der Waals surface area (Å²) < 4.78 is 3.53. The molecule has 2 heterocycles. The largest absolute Gasteiger partial charge is 0.339 e. The molecule has 0 saturated heterocycles. The fourth-order valence-electron chi connectivity index (χ4n) is 2.00. The third-order valence-corrected chi connectivity index (χ3v) is 4.18. The van der Waals surface area contributed by atoms with Gasteiger partial charge in [0.25, 0.3) is 0 Å². The van der Waals surface area contributed by atoms with Crippen LogP contribution in [-0.2, 0) is 7.05 Å². The first-order chi connectivity index (χ1) is 6.52. The lowest BCUT2D eigenvalue weighted by atomic mass is 10.1. The van der Waals surface area contributed by atoms with Crippen molar-refractivity contribution in [1.82, 2.24) is 9.55 Å². The highest BCUT2D eigenvalue weighted by Crippen LogP contribution is 2.27. The second-order valence-electron chi connectivity index (χ2n) is 3.72. The molecule has 0 bridgehead atoms. The minimum absolute atomic E-state index is 1.09. The van der Waals surface area contributed by atoms with E-state index in [0.717, 1.165) is 11.4 Å². The number of hydrogen-bond donors (Lipinski definition) is 0. The summed E-state index contributed by atoms with van der Waals surface area (Å²) in [6.45, 7) is 6.29. The van der Waals surface area contributed by atoms with Gasteiger partial charge in [-0.15, -0.1) is 0 Å². The van der Waals surface area contributed by atoms with Crippen molar-refractivity contribution in [2.24, 2.45) is 7.05 Å². The fraction of sp³-hybridized carbons (Fsp3) is 0.364. The van der Waals surface area contributed by atoms with Gasteiger partial charge in [-0.2, -0.15) is 0 Å². The van der Waals surface area contributed by atoms with Crippen LogP contribution < -0.4 is 0 Å². The molecule has 0 fully saturated rings. The summed E-state index contributed by atoms with van der Waals surface area (Å²) in [4.78, 5) is 4.50. The Kier molecular flexibility index (Phi) is 2.29. The number of aryl methyl sites for hydroxylation is 4. The van der Waals surface area contributed by atoms with E-state index in [-0.39, 0.29) is 0 Å². The second kappa shape index (κ2) is 3.22. The van der Waals surface area contributed by atoms with Crippen LogP contribution in [0.25, 0.3) is 10.9 Å². The standard InChI is InChI=1S/C11H13IN2/c1-6-5-9-10(8(3)13-6)7(2)11(12)14(9)4/h5H,1-4H3. The SMILES string of the molecule is Cc1cc2c(c(C)n1)c(C)c(I)n2C. The maximum absolute atomic E-state index is 4.50. The van der Waals surface area contributed by atoms with Gasteiger partial charge < -0.3 is 4.57 Å². The number of pyridine rings is 1. The van der Waals surface area contributed by atoms with Crippen molar-refractivity contribution in [1.29, 1.82) is 0 Å². The van der Waals surface area contributed by atoms with Crippen LogP contribution >= 0.6 is 22.6 Å². The van der Waals surface area contributed by atoms with Gasteiger partial charge in [-0.1, -0.05) is 0 Å². The van der Waals surface area contributed by atoms with Gasteiger partial charge >= 0.3 is 0 Å². The van der Waals surface area contributed by atoms with Crippen LogP contribution in [-0.4, -0.2) is 9.55 Å². The Morgan fingerprint density at radius 1 is 1.29 bits per heavy atom. The molecule has 0 aliphatic rings. The predicted octanol–water partition coefficient (Wildman–Crippen LogP) is 3.10. The molecule has 0 spiro atoms. The summed E-state index contributed by atoms with van der Waals surface area (Å²) in [5.41, 5.74) is 4.85. The molecule has 2 nitrogen and oxygen atoms in total. The zero-order chi connectivity index (χ0) is 10.5. The molecule has 0 unspecified atom stereocenters. The van der Waals surface area contributed by atoms with E-state index in [2.05, 4.69) is 59.1 Å². The van der Waals surface area contributed by atoms with Gasteiger partial charge in [0.1, 0.15) is 0 Å².